The lowest BCUT2D eigenvalue weighted by Gasteiger charge is -2.06. The smallest absolute Gasteiger partial charge is 0.275 e. The molecule has 0 aliphatic carbocycles. The Bertz CT molecular complexity index is 571. The minimum absolute atomic E-state index is 0.196. The van der Waals surface area contributed by atoms with Gasteiger partial charge in [-0.1, -0.05) is 6.92 Å². The third-order valence-electron chi connectivity index (χ3n) is 2.74. The Kier molecular flexibility index (Phi) is 4.52. The lowest BCUT2D eigenvalue weighted by molar-refractivity contribution is 0.101. The molecule has 2 aromatic rings. The SMILES string of the molecule is CCCn1nccc1C(=O)Nc1cc(CN(C)C)[nH]n1. The van der Waals surface area contributed by atoms with Crippen LogP contribution in [0.2, 0.25) is 0 Å². The standard InChI is InChI=1S/C13H20N6O/c1-4-7-19-11(5-6-14-19)13(20)15-12-8-10(16-17-12)9-18(2)3/h5-6,8H,4,7,9H2,1-3H3,(H2,15,16,17,20). The monoisotopic (exact) mass is 276 g/mol. The molecular formula is C13H20N6O. The Morgan fingerprint density at radius 1 is 1.50 bits per heavy atom. The first-order chi connectivity index (χ1) is 9.60. The normalized spacial score (nSPS) is 11.0. The fourth-order valence-electron chi connectivity index (χ4n) is 1.94. The maximum Gasteiger partial charge on any atom is 0.275 e. The second-order valence-corrected chi connectivity index (χ2v) is 4.91. The Morgan fingerprint density at radius 2 is 2.30 bits per heavy atom. The van der Waals surface area contributed by atoms with Gasteiger partial charge in [0.25, 0.3) is 5.91 Å². The molecule has 2 rings (SSSR count). The van der Waals surface area contributed by atoms with E-state index in [-0.39, 0.29) is 5.91 Å². The van der Waals surface area contributed by atoms with Crippen molar-refractivity contribution in [3.63, 3.8) is 0 Å². The average molecular weight is 276 g/mol. The van der Waals surface area contributed by atoms with E-state index in [9.17, 15) is 4.79 Å². The van der Waals surface area contributed by atoms with E-state index in [0.717, 1.165) is 25.2 Å². The van der Waals surface area contributed by atoms with Crippen LogP contribution in [0.15, 0.2) is 18.3 Å². The molecule has 7 nitrogen and oxygen atoms in total. The van der Waals surface area contributed by atoms with Gasteiger partial charge in [-0.3, -0.25) is 14.6 Å². The van der Waals surface area contributed by atoms with Gasteiger partial charge in [0.1, 0.15) is 5.69 Å². The van der Waals surface area contributed by atoms with Crippen molar-refractivity contribution in [2.45, 2.75) is 26.4 Å². The van der Waals surface area contributed by atoms with Crippen molar-refractivity contribution in [1.82, 2.24) is 24.9 Å². The Hall–Kier alpha value is -2.15. The molecule has 2 N–H and O–H groups in total. The predicted molar refractivity (Wildman–Crippen MR) is 76.4 cm³/mol. The molecule has 7 heteroatoms. The van der Waals surface area contributed by atoms with Crippen LogP contribution in [-0.4, -0.2) is 44.9 Å². The van der Waals surface area contributed by atoms with Crippen LogP contribution in [0.3, 0.4) is 0 Å². The maximum absolute atomic E-state index is 12.2. The van der Waals surface area contributed by atoms with Crippen molar-refractivity contribution in [1.29, 1.82) is 0 Å². The van der Waals surface area contributed by atoms with E-state index >= 15 is 0 Å². The second kappa shape index (κ2) is 6.33. The van der Waals surface area contributed by atoms with E-state index in [1.807, 2.05) is 32.0 Å². The van der Waals surface area contributed by atoms with E-state index in [2.05, 4.69) is 20.6 Å². The first kappa shape index (κ1) is 14.3. The Labute approximate surface area is 118 Å². The highest BCUT2D eigenvalue weighted by molar-refractivity contribution is 6.02. The number of hydrogen-bond acceptors (Lipinski definition) is 4. The van der Waals surface area contributed by atoms with Crippen molar-refractivity contribution in [2.24, 2.45) is 0 Å². The highest BCUT2D eigenvalue weighted by Gasteiger charge is 2.13. The lowest BCUT2D eigenvalue weighted by Crippen LogP contribution is -2.18. The molecular weight excluding hydrogens is 256 g/mol. The molecule has 0 saturated carbocycles. The molecule has 0 aliphatic heterocycles. The van der Waals surface area contributed by atoms with Crippen molar-refractivity contribution in [3.05, 3.63) is 29.7 Å². The zero-order valence-corrected chi connectivity index (χ0v) is 12.1. The molecule has 20 heavy (non-hydrogen) atoms. The fourth-order valence-corrected chi connectivity index (χ4v) is 1.94. The summed E-state index contributed by atoms with van der Waals surface area (Å²) < 4.78 is 1.70. The highest BCUT2D eigenvalue weighted by atomic mass is 16.2. The molecule has 2 heterocycles. The zero-order chi connectivity index (χ0) is 14.5. The summed E-state index contributed by atoms with van der Waals surface area (Å²) >= 11 is 0. The quantitative estimate of drug-likeness (QED) is 0.834. The highest BCUT2D eigenvalue weighted by Crippen LogP contribution is 2.09. The first-order valence-corrected chi connectivity index (χ1v) is 6.62. The lowest BCUT2D eigenvalue weighted by atomic mass is 10.3. The maximum atomic E-state index is 12.2. The fraction of sp³-hybridized carbons (Fsp3) is 0.462. The summed E-state index contributed by atoms with van der Waals surface area (Å²) in [6, 6.07) is 3.54. The van der Waals surface area contributed by atoms with Gasteiger partial charge in [-0.15, -0.1) is 0 Å². The van der Waals surface area contributed by atoms with Gasteiger partial charge in [0.2, 0.25) is 0 Å². The van der Waals surface area contributed by atoms with E-state index in [1.165, 1.54) is 0 Å². The van der Waals surface area contributed by atoms with Crippen LogP contribution in [0.25, 0.3) is 0 Å². The number of carbonyl (C=O) groups is 1. The summed E-state index contributed by atoms with van der Waals surface area (Å²) in [6.07, 6.45) is 2.56. The molecule has 0 atom stereocenters. The number of nitrogens with one attached hydrogen (secondary N) is 2. The summed E-state index contributed by atoms with van der Waals surface area (Å²) in [7, 11) is 3.95. The van der Waals surface area contributed by atoms with Crippen LogP contribution in [0.1, 0.15) is 29.5 Å². The average Bonchev–Trinajstić information content (AvgIpc) is 2.98. The summed E-state index contributed by atoms with van der Waals surface area (Å²) in [4.78, 5) is 14.2. The van der Waals surface area contributed by atoms with E-state index in [1.54, 1.807) is 16.9 Å². The van der Waals surface area contributed by atoms with Crippen molar-refractivity contribution in [3.8, 4) is 0 Å². The molecule has 0 fully saturated rings. The summed E-state index contributed by atoms with van der Waals surface area (Å²) in [5, 5.41) is 13.9. The number of aromatic amines is 1. The molecule has 0 bridgehead atoms. The van der Waals surface area contributed by atoms with Crippen LogP contribution in [0.4, 0.5) is 5.82 Å². The molecule has 0 saturated heterocycles. The van der Waals surface area contributed by atoms with Gasteiger partial charge in [-0.05, 0) is 26.6 Å². The second-order valence-electron chi connectivity index (χ2n) is 4.91. The molecule has 1 amide bonds. The molecule has 0 unspecified atom stereocenters. The number of rotatable bonds is 6. The van der Waals surface area contributed by atoms with E-state index in [4.69, 9.17) is 0 Å². The number of carbonyl (C=O) groups excluding carboxylic acids is 1. The van der Waals surface area contributed by atoms with Crippen molar-refractivity contribution < 1.29 is 4.79 Å². The number of H-pyrrole nitrogens is 1. The zero-order valence-electron chi connectivity index (χ0n) is 12.1. The number of aryl methyl sites for hydroxylation is 1. The molecule has 0 aromatic carbocycles. The number of anilines is 1. The molecule has 108 valence electrons. The minimum atomic E-state index is -0.196. The third-order valence-corrected chi connectivity index (χ3v) is 2.74. The van der Waals surface area contributed by atoms with E-state index in [0.29, 0.717) is 11.5 Å². The summed E-state index contributed by atoms with van der Waals surface area (Å²) in [5.41, 5.74) is 1.50. The van der Waals surface area contributed by atoms with Gasteiger partial charge >= 0.3 is 0 Å². The van der Waals surface area contributed by atoms with Crippen LogP contribution >= 0.6 is 0 Å². The van der Waals surface area contributed by atoms with Gasteiger partial charge in [0, 0.05) is 25.4 Å². The number of nitrogens with zero attached hydrogens (tertiary/aromatic N) is 4. The van der Waals surface area contributed by atoms with Gasteiger partial charge in [0.05, 0.1) is 5.69 Å². The van der Waals surface area contributed by atoms with Crippen LogP contribution in [0.5, 0.6) is 0 Å². The van der Waals surface area contributed by atoms with Crippen molar-refractivity contribution in [2.75, 3.05) is 19.4 Å². The van der Waals surface area contributed by atoms with Gasteiger partial charge in [0.15, 0.2) is 5.82 Å². The number of hydrogen-bond donors (Lipinski definition) is 2. The summed E-state index contributed by atoms with van der Waals surface area (Å²) in [6.45, 7) is 3.52. The van der Waals surface area contributed by atoms with Gasteiger partial charge in [-0.25, -0.2) is 0 Å². The minimum Gasteiger partial charge on any atom is -0.304 e. The first-order valence-electron chi connectivity index (χ1n) is 6.62. The van der Waals surface area contributed by atoms with Gasteiger partial charge < -0.3 is 10.2 Å². The molecule has 0 aliphatic rings. The van der Waals surface area contributed by atoms with Crippen LogP contribution in [-0.2, 0) is 13.1 Å². The van der Waals surface area contributed by atoms with Crippen LogP contribution in [0, 0.1) is 0 Å². The van der Waals surface area contributed by atoms with E-state index < -0.39 is 0 Å². The van der Waals surface area contributed by atoms with Crippen LogP contribution < -0.4 is 5.32 Å². The van der Waals surface area contributed by atoms with Crippen molar-refractivity contribution >= 4 is 11.7 Å². The Balaban J connectivity index is 2.03. The third kappa shape index (κ3) is 3.45. The molecule has 2 aromatic heterocycles. The van der Waals surface area contributed by atoms with Gasteiger partial charge in [-0.2, -0.15) is 10.2 Å². The topological polar surface area (TPSA) is 78.8 Å². The predicted octanol–water partition coefficient (Wildman–Crippen LogP) is 1.33. The summed E-state index contributed by atoms with van der Waals surface area (Å²) in [5.74, 6) is 0.329. The Morgan fingerprint density at radius 3 is 3.00 bits per heavy atom. The number of amides is 1. The number of aromatic nitrogens is 4. The largest absolute Gasteiger partial charge is 0.304 e. The molecule has 0 spiro atoms. The molecule has 0 radical (unpaired) electrons.